The van der Waals surface area contributed by atoms with Gasteiger partial charge in [0, 0.05) is 43.0 Å². The van der Waals surface area contributed by atoms with Crippen LogP contribution in [0.4, 0.5) is 0 Å². The molecule has 43 heavy (non-hydrogen) atoms. The van der Waals surface area contributed by atoms with Crippen LogP contribution in [-0.4, -0.2) is 44.1 Å². The van der Waals surface area contributed by atoms with Crippen molar-refractivity contribution >= 4 is 28.9 Å². The molecule has 1 aromatic heterocycles. The minimum atomic E-state index is -0.483. The van der Waals surface area contributed by atoms with E-state index in [4.69, 9.17) is 10.2 Å². The molecule has 0 saturated carbocycles. The number of nitrogens with zero attached hydrogens (tertiary/aromatic N) is 4. The van der Waals surface area contributed by atoms with E-state index in [0.29, 0.717) is 17.7 Å². The second-order valence-electron chi connectivity index (χ2n) is 11.0. The molecule has 3 unspecified atom stereocenters. The first kappa shape index (κ1) is 26.5. The van der Waals surface area contributed by atoms with Crippen molar-refractivity contribution in [3.8, 4) is 16.9 Å². The molecular weight excluding hydrogens is 538 g/mol. The highest BCUT2D eigenvalue weighted by atomic mass is 16.2. The summed E-state index contributed by atoms with van der Waals surface area (Å²) >= 11 is 0. The van der Waals surface area contributed by atoms with Gasteiger partial charge in [0.15, 0.2) is 5.78 Å². The van der Waals surface area contributed by atoms with Gasteiger partial charge in [-0.2, -0.15) is 10.2 Å². The van der Waals surface area contributed by atoms with Crippen LogP contribution in [0.1, 0.15) is 36.9 Å². The number of aromatic nitrogens is 2. The first-order valence-corrected chi connectivity index (χ1v) is 14.4. The molecule has 3 aliphatic rings. The van der Waals surface area contributed by atoms with E-state index in [9.17, 15) is 14.4 Å². The lowest BCUT2D eigenvalue weighted by molar-refractivity contribution is -0.130. The van der Waals surface area contributed by atoms with Gasteiger partial charge in [0.25, 0.3) is 5.91 Å². The summed E-state index contributed by atoms with van der Waals surface area (Å²) in [6.07, 6.45) is 5.87. The summed E-state index contributed by atoms with van der Waals surface area (Å²) in [7, 11) is 0. The molecule has 8 heteroatoms. The first-order chi connectivity index (χ1) is 21.0. The number of rotatable bonds is 5. The normalized spacial score (nSPS) is 21.5. The number of ketones is 1. The number of carbonyl (C=O) groups excluding carboxylic acids is 3. The molecule has 2 amide bonds. The number of fused-ring (bicyclic) bond motifs is 1. The summed E-state index contributed by atoms with van der Waals surface area (Å²) < 4.78 is 1.82. The summed E-state index contributed by atoms with van der Waals surface area (Å²) in [6.45, 7) is 1.48. The summed E-state index contributed by atoms with van der Waals surface area (Å²) in [6, 6.07) is 28.6. The molecule has 0 spiro atoms. The number of amides is 2. The Balaban J connectivity index is 1.37. The number of hydrazone groups is 1. The predicted octanol–water partition coefficient (Wildman–Crippen LogP) is 5.29. The third kappa shape index (κ3) is 4.80. The molecule has 212 valence electrons. The van der Waals surface area contributed by atoms with Crippen LogP contribution in [0.25, 0.3) is 22.5 Å². The highest BCUT2D eigenvalue weighted by molar-refractivity contribution is 6.28. The van der Waals surface area contributed by atoms with Gasteiger partial charge in [0.1, 0.15) is 0 Å². The molecular formula is C35H29N5O3. The van der Waals surface area contributed by atoms with Crippen molar-refractivity contribution in [2.45, 2.75) is 31.8 Å². The number of carbonyl (C=O) groups is 3. The molecule has 0 radical (unpaired) electrons. The quantitative estimate of drug-likeness (QED) is 0.355. The first-order valence-electron chi connectivity index (χ1n) is 14.4. The van der Waals surface area contributed by atoms with Crippen molar-refractivity contribution in [3.05, 3.63) is 126 Å². The third-order valence-corrected chi connectivity index (χ3v) is 8.28. The maximum Gasteiger partial charge on any atom is 0.253 e. The van der Waals surface area contributed by atoms with E-state index in [2.05, 4.69) is 5.32 Å². The number of allylic oxidation sites excluding steroid dienone is 1. The Labute approximate surface area is 249 Å². The molecule has 4 aromatic rings. The summed E-state index contributed by atoms with van der Waals surface area (Å²) in [5.74, 6) is -0.716. The number of hydrogen-bond acceptors (Lipinski definition) is 5. The smallest absolute Gasteiger partial charge is 0.253 e. The Hall–Kier alpha value is -5.37. The molecule has 2 aliphatic heterocycles. The molecule has 3 atom stereocenters. The Morgan fingerprint density at radius 2 is 1.51 bits per heavy atom. The van der Waals surface area contributed by atoms with Crippen LogP contribution in [0.3, 0.4) is 0 Å². The van der Waals surface area contributed by atoms with Gasteiger partial charge in [-0.25, -0.2) is 9.69 Å². The van der Waals surface area contributed by atoms with Gasteiger partial charge in [-0.05, 0) is 29.3 Å². The van der Waals surface area contributed by atoms with Crippen LogP contribution in [0.5, 0.6) is 0 Å². The zero-order chi connectivity index (χ0) is 29.5. The topological polar surface area (TPSA) is 96.7 Å². The number of nitrogens with one attached hydrogen (secondary N) is 1. The van der Waals surface area contributed by atoms with E-state index in [1.165, 1.54) is 11.9 Å². The Bertz CT molecular complexity index is 1820. The molecule has 0 bridgehead atoms. The summed E-state index contributed by atoms with van der Waals surface area (Å²) in [4.78, 5) is 39.5. The van der Waals surface area contributed by atoms with Crippen molar-refractivity contribution < 1.29 is 14.4 Å². The van der Waals surface area contributed by atoms with Crippen LogP contribution >= 0.6 is 0 Å². The standard InChI is InChI=1S/C35H29N5O3/c1-22(41)40-31(28-21-39(25-15-9-4-10-16-25)38-34(28)24-13-7-3-8-14-24)20-30(37-40)33-32(23-11-5-2-6-12-23)27-19-26(42)17-18-29(27)36-35(33)43/h2-18,21,27,29,31H,19-20H2,1H3,(H,36,43). The Morgan fingerprint density at radius 1 is 0.860 bits per heavy atom. The van der Waals surface area contributed by atoms with Crippen LogP contribution in [0, 0.1) is 5.92 Å². The monoisotopic (exact) mass is 567 g/mol. The van der Waals surface area contributed by atoms with Gasteiger partial charge in [-0.1, -0.05) is 84.9 Å². The SMILES string of the molecule is CC(=O)N1N=C(C2=C(c3ccccc3)C3CC(=O)C=CC3NC2=O)CC1c1cn(-c2ccccc2)nc1-c1ccccc1. The molecule has 3 heterocycles. The highest BCUT2D eigenvalue weighted by Gasteiger charge is 2.43. The fraction of sp³-hybridized carbons (Fsp3) is 0.171. The minimum Gasteiger partial charge on any atom is -0.345 e. The van der Waals surface area contributed by atoms with Gasteiger partial charge < -0.3 is 5.32 Å². The molecule has 1 aliphatic carbocycles. The van der Waals surface area contributed by atoms with E-state index in [-0.39, 0.29) is 36.0 Å². The zero-order valence-electron chi connectivity index (χ0n) is 23.6. The lowest BCUT2D eigenvalue weighted by Crippen LogP contribution is -2.48. The van der Waals surface area contributed by atoms with E-state index < -0.39 is 6.04 Å². The summed E-state index contributed by atoms with van der Waals surface area (Å²) in [5.41, 5.74) is 5.98. The number of para-hydroxylation sites is 1. The molecule has 7 rings (SSSR count). The van der Waals surface area contributed by atoms with Gasteiger partial charge in [0.2, 0.25) is 5.91 Å². The zero-order valence-corrected chi connectivity index (χ0v) is 23.6. The van der Waals surface area contributed by atoms with Crippen LogP contribution in [0.15, 0.2) is 120 Å². The van der Waals surface area contributed by atoms with E-state index >= 15 is 0 Å². The predicted molar refractivity (Wildman–Crippen MR) is 164 cm³/mol. The molecule has 3 aromatic carbocycles. The van der Waals surface area contributed by atoms with Crippen molar-refractivity contribution in [1.82, 2.24) is 20.1 Å². The third-order valence-electron chi connectivity index (χ3n) is 8.28. The Kier molecular flexibility index (Phi) is 6.66. The highest BCUT2D eigenvalue weighted by Crippen LogP contribution is 2.43. The summed E-state index contributed by atoms with van der Waals surface area (Å²) in [5, 5.41) is 14.3. The van der Waals surface area contributed by atoms with Gasteiger partial charge in [-0.15, -0.1) is 0 Å². The molecule has 0 fully saturated rings. The lowest BCUT2D eigenvalue weighted by atomic mass is 9.74. The van der Waals surface area contributed by atoms with Gasteiger partial charge in [-0.3, -0.25) is 14.4 Å². The molecule has 0 saturated heterocycles. The van der Waals surface area contributed by atoms with Crippen LogP contribution < -0.4 is 5.32 Å². The van der Waals surface area contributed by atoms with Crippen LogP contribution in [-0.2, 0) is 14.4 Å². The average molecular weight is 568 g/mol. The maximum atomic E-state index is 13.8. The maximum absolute atomic E-state index is 13.8. The minimum absolute atomic E-state index is 0.0163. The van der Waals surface area contributed by atoms with Crippen molar-refractivity contribution in [1.29, 1.82) is 0 Å². The van der Waals surface area contributed by atoms with Gasteiger partial charge >= 0.3 is 0 Å². The van der Waals surface area contributed by atoms with E-state index in [1.54, 1.807) is 12.2 Å². The van der Waals surface area contributed by atoms with E-state index in [1.807, 2.05) is 102 Å². The fourth-order valence-corrected chi connectivity index (χ4v) is 6.34. The Morgan fingerprint density at radius 3 is 2.19 bits per heavy atom. The lowest BCUT2D eigenvalue weighted by Gasteiger charge is -2.36. The number of hydrogen-bond donors (Lipinski definition) is 1. The molecule has 8 nitrogen and oxygen atoms in total. The average Bonchev–Trinajstić information content (AvgIpc) is 3.67. The second-order valence-corrected chi connectivity index (χ2v) is 11.0. The van der Waals surface area contributed by atoms with Crippen molar-refractivity contribution in [2.24, 2.45) is 11.0 Å². The number of benzene rings is 3. The fourth-order valence-electron chi connectivity index (χ4n) is 6.34. The van der Waals surface area contributed by atoms with Crippen molar-refractivity contribution in [2.75, 3.05) is 0 Å². The van der Waals surface area contributed by atoms with E-state index in [0.717, 1.165) is 33.6 Å². The molecule has 1 N–H and O–H groups in total. The van der Waals surface area contributed by atoms with Crippen molar-refractivity contribution in [3.63, 3.8) is 0 Å². The van der Waals surface area contributed by atoms with Gasteiger partial charge in [0.05, 0.1) is 34.7 Å². The second kappa shape index (κ2) is 10.8. The largest absolute Gasteiger partial charge is 0.345 e. The van der Waals surface area contributed by atoms with Crippen LogP contribution in [0.2, 0.25) is 0 Å².